The molecule has 0 radical (unpaired) electrons. The SMILES string of the molecule is C[C@@H](N)[C@H](NC(=O)c1ccc(C#Cc2ccc(CN3CCc4[nH]ncc4C3)cc2)cc1)C(=O)NO. The van der Waals surface area contributed by atoms with Gasteiger partial charge in [-0.2, -0.15) is 5.10 Å². The Labute approximate surface area is 203 Å². The van der Waals surface area contributed by atoms with E-state index in [1.165, 1.54) is 22.3 Å². The number of H-pyrrole nitrogens is 1. The van der Waals surface area contributed by atoms with E-state index < -0.39 is 23.9 Å². The molecule has 2 atom stereocenters. The molecule has 2 heterocycles. The molecule has 180 valence electrons. The smallest absolute Gasteiger partial charge is 0.267 e. The molecule has 9 nitrogen and oxygen atoms in total. The molecule has 0 spiro atoms. The van der Waals surface area contributed by atoms with Gasteiger partial charge in [-0.15, -0.1) is 0 Å². The van der Waals surface area contributed by atoms with Crippen molar-refractivity contribution in [3.8, 4) is 11.8 Å². The standard InChI is InChI=1S/C26H28N6O3/c1-17(27)24(26(34)31-35)29-25(33)21-10-8-19(9-11-21)3-2-18-4-6-20(7-5-18)15-32-13-12-23-22(16-32)14-28-30-23/h4-11,14,17,24,35H,12-13,15-16,27H2,1H3,(H,28,30)(H,29,33)(H,31,34)/t17-,24+/m1/s1. The average Bonchev–Trinajstić information content (AvgIpc) is 3.34. The Balaban J connectivity index is 1.33. The summed E-state index contributed by atoms with van der Waals surface area (Å²) in [5.41, 5.74) is 13.0. The largest absolute Gasteiger partial charge is 0.339 e. The lowest BCUT2D eigenvalue weighted by molar-refractivity contribution is -0.131. The van der Waals surface area contributed by atoms with Gasteiger partial charge >= 0.3 is 0 Å². The first-order chi connectivity index (χ1) is 16.9. The Morgan fingerprint density at radius 3 is 2.43 bits per heavy atom. The Morgan fingerprint density at radius 2 is 1.80 bits per heavy atom. The number of hydroxylamine groups is 1. The second-order valence-electron chi connectivity index (χ2n) is 8.65. The Morgan fingerprint density at radius 1 is 1.14 bits per heavy atom. The van der Waals surface area contributed by atoms with Crippen LogP contribution in [0.1, 0.15) is 45.2 Å². The zero-order chi connectivity index (χ0) is 24.8. The number of benzene rings is 2. The highest BCUT2D eigenvalue weighted by Crippen LogP contribution is 2.18. The zero-order valence-electron chi connectivity index (χ0n) is 19.4. The molecule has 2 aromatic carbocycles. The van der Waals surface area contributed by atoms with Crippen molar-refractivity contribution >= 4 is 11.8 Å². The highest BCUT2D eigenvalue weighted by atomic mass is 16.5. The van der Waals surface area contributed by atoms with E-state index in [0.717, 1.165) is 37.2 Å². The lowest BCUT2D eigenvalue weighted by atomic mass is 10.1. The fraction of sp³-hybridized carbons (Fsp3) is 0.269. The molecule has 0 saturated carbocycles. The van der Waals surface area contributed by atoms with Crippen LogP contribution in [0.3, 0.4) is 0 Å². The maximum absolute atomic E-state index is 12.4. The van der Waals surface area contributed by atoms with Crippen molar-refractivity contribution in [3.05, 3.63) is 88.2 Å². The number of aromatic nitrogens is 2. The summed E-state index contributed by atoms with van der Waals surface area (Å²) >= 11 is 0. The third kappa shape index (κ3) is 6.13. The first-order valence-corrected chi connectivity index (χ1v) is 11.4. The van der Waals surface area contributed by atoms with Gasteiger partial charge in [-0.3, -0.25) is 24.8 Å². The molecule has 6 N–H and O–H groups in total. The van der Waals surface area contributed by atoms with Gasteiger partial charge < -0.3 is 11.1 Å². The number of nitrogens with zero attached hydrogens (tertiary/aromatic N) is 2. The average molecular weight is 473 g/mol. The molecule has 2 amide bonds. The van der Waals surface area contributed by atoms with Crippen molar-refractivity contribution < 1.29 is 14.8 Å². The van der Waals surface area contributed by atoms with Crippen molar-refractivity contribution in [1.82, 2.24) is 25.9 Å². The fourth-order valence-corrected chi connectivity index (χ4v) is 3.95. The summed E-state index contributed by atoms with van der Waals surface area (Å²) in [5, 5.41) is 18.5. The molecule has 1 aliphatic rings. The van der Waals surface area contributed by atoms with E-state index in [1.807, 2.05) is 18.3 Å². The number of amides is 2. The van der Waals surface area contributed by atoms with Gasteiger partial charge in [0, 0.05) is 60.0 Å². The molecule has 9 heteroatoms. The van der Waals surface area contributed by atoms with Crippen molar-refractivity contribution in [3.63, 3.8) is 0 Å². The predicted molar refractivity (Wildman–Crippen MR) is 130 cm³/mol. The summed E-state index contributed by atoms with van der Waals surface area (Å²) in [6.45, 7) is 4.35. The summed E-state index contributed by atoms with van der Waals surface area (Å²) in [6, 6.07) is 13.2. The van der Waals surface area contributed by atoms with Crippen molar-refractivity contribution in [2.75, 3.05) is 6.54 Å². The van der Waals surface area contributed by atoms with Crippen LogP contribution in [-0.4, -0.2) is 50.7 Å². The molecular formula is C26H28N6O3. The highest BCUT2D eigenvalue weighted by molar-refractivity contribution is 5.97. The predicted octanol–water partition coefficient (Wildman–Crippen LogP) is 1.32. The Hall–Kier alpha value is -3.97. The minimum absolute atomic E-state index is 0.358. The molecular weight excluding hydrogens is 444 g/mol. The lowest BCUT2D eigenvalue weighted by Crippen LogP contribution is -2.54. The normalized spacial score (nSPS) is 14.7. The summed E-state index contributed by atoms with van der Waals surface area (Å²) in [6.07, 6.45) is 2.90. The minimum atomic E-state index is -1.05. The number of aromatic amines is 1. The number of hydrogen-bond donors (Lipinski definition) is 5. The van der Waals surface area contributed by atoms with Crippen LogP contribution in [0.15, 0.2) is 54.7 Å². The van der Waals surface area contributed by atoms with Gasteiger partial charge in [-0.05, 0) is 48.9 Å². The molecule has 0 unspecified atom stereocenters. The third-order valence-electron chi connectivity index (χ3n) is 5.94. The van der Waals surface area contributed by atoms with Crippen LogP contribution in [0, 0.1) is 11.8 Å². The third-order valence-corrected chi connectivity index (χ3v) is 5.94. The first kappa shape index (κ1) is 24.2. The number of nitrogens with two attached hydrogens (primary N) is 1. The maximum Gasteiger partial charge on any atom is 0.267 e. The molecule has 0 bridgehead atoms. The number of carbonyl (C=O) groups is 2. The fourth-order valence-electron chi connectivity index (χ4n) is 3.95. The second-order valence-corrected chi connectivity index (χ2v) is 8.65. The van der Waals surface area contributed by atoms with Crippen LogP contribution in [0.25, 0.3) is 0 Å². The van der Waals surface area contributed by atoms with Crippen molar-refractivity contribution in [2.45, 2.75) is 38.5 Å². The molecule has 1 aliphatic heterocycles. The van der Waals surface area contributed by atoms with E-state index in [9.17, 15) is 9.59 Å². The minimum Gasteiger partial charge on any atom is -0.339 e. The van der Waals surface area contributed by atoms with E-state index in [-0.39, 0.29) is 0 Å². The van der Waals surface area contributed by atoms with Gasteiger partial charge in [-0.25, -0.2) is 5.48 Å². The van der Waals surface area contributed by atoms with E-state index >= 15 is 0 Å². The van der Waals surface area contributed by atoms with Crippen LogP contribution in [-0.2, 0) is 24.3 Å². The second kappa shape index (κ2) is 11.0. The lowest BCUT2D eigenvalue weighted by Gasteiger charge is -2.26. The van der Waals surface area contributed by atoms with Gasteiger partial charge in [0.2, 0.25) is 0 Å². The molecule has 35 heavy (non-hydrogen) atoms. The number of nitrogens with one attached hydrogen (secondary N) is 3. The summed E-state index contributed by atoms with van der Waals surface area (Å²) in [5.74, 6) is 5.01. The van der Waals surface area contributed by atoms with Gasteiger partial charge in [0.15, 0.2) is 0 Å². The summed E-state index contributed by atoms with van der Waals surface area (Å²) < 4.78 is 0. The number of carbonyl (C=O) groups excluding carboxylic acids is 2. The Bertz CT molecular complexity index is 1240. The monoisotopic (exact) mass is 472 g/mol. The van der Waals surface area contributed by atoms with Crippen molar-refractivity contribution in [2.24, 2.45) is 5.73 Å². The van der Waals surface area contributed by atoms with Crippen LogP contribution in [0.2, 0.25) is 0 Å². The summed E-state index contributed by atoms with van der Waals surface area (Å²) in [7, 11) is 0. The molecule has 3 aromatic rings. The van der Waals surface area contributed by atoms with E-state index in [0.29, 0.717) is 5.56 Å². The van der Waals surface area contributed by atoms with Crippen LogP contribution in [0.5, 0.6) is 0 Å². The van der Waals surface area contributed by atoms with E-state index in [4.69, 9.17) is 10.9 Å². The molecule has 1 aromatic heterocycles. The number of hydrogen-bond acceptors (Lipinski definition) is 6. The Kier molecular flexibility index (Phi) is 7.57. The number of rotatable bonds is 6. The zero-order valence-corrected chi connectivity index (χ0v) is 19.4. The van der Waals surface area contributed by atoms with Gasteiger partial charge in [-0.1, -0.05) is 24.0 Å². The van der Waals surface area contributed by atoms with E-state index in [1.54, 1.807) is 31.2 Å². The van der Waals surface area contributed by atoms with Crippen LogP contribution >= 0.6 is 0 Å². The topological polar surface area (TPSA) is 136 Å². The summed E-state index contributed by atoms with van der Waals surface area (Å²) in [4.78, 5) is 26.5. The van der Waals surface area contributed by atoms with Crippen molar-refractivity contribution in [1.29, 1.82) is 0 Å². The van der Waals surface area contributed by atoms with Crippen LogP contribution < -0.4 is 16.5 Å². The van der Waals surface area contributed by atoms with Gasteiger partial charge in [0.25, 0.3) is 11.8 Å². The maximum atomic E-state index is 12.4. The van der Waals surface area contributed by atoms with Gasteiger partial charge in [0.1, 0.15) is 6.04 Å². The van der Waals surface area contributed by atoms with Crippen LogP contribution in [0.4, 0.5) is 0 Å². The first-order valence-electron chi connectivity index (χ1n) is 11.4. The molecule has 0 saturated heterocycles. The number of fused-ring (bicyclic) bond motifs is 1. The molecule has 4 rings (SSSR count). The van der Waals surface area contributed by atoms with E-state index in [2.05, 4.69) is 44.4 Å². The molecule has 0 fully saturated rings. The van der Waals surface area contributed by atoms with Gasteiger partial charge in [0.05, 0.1) is 6.20 Å². The highest BCUT2D eigenvalue weighted by Gasteiger charge is 2.24. The quantitative estimate of drug-likeness (QED) is 0.209. The molecule has 0 aliphatic carbocycles.